The first-order chi connectivity index (χ1) is 9.31. The maximum absolute atomic E-state index is 5.67. The second kappa shape index (κ2) is 5.43. The molecule has 2 aromatic rings. The number of rotatable bonds is 3. The molecule has 0 bridgehead atoms. The zero-order valence-corrected chi connectivity index (χ0v) is 11.0. The molecule has 3 rings (SSSR count). The van der Waals surface area contributed by atoms with Gasteiger partial charge in [-0.1, -0.05) is 36.6 Å². The Bertz CT molecular complexity index is 527. The lowest BCUT2D eigenvalue weighted by atomic mass is 9.89. The molecule has 1 heterocycles. The minimum absolute atomic E-state index is 0.498. The SMILES string of the molecule is Nc1ccc(Cc2nc(C3CCCCC3)no2)cc1. The van der Waals surface area contributed by atoms with Gasteiger partial charge >= 0.3 is 0 Å². The Morgan fingerprint density at radius 2 is 1.84 bits per heavy atom. The number of nitrogens with zero attached hydrogens (tertiary/aromatic N) is 2. The maximum Gasteiger partial charge on any atom is 0.231 e. The van der Waals surface area contributed by atoms with Crippen molar-refractivity contribution in [2.45, 2.75) is 44.4 Å². The molecule has 1 aliphatic carbocycles. The molecular formula is C15H19N3O. The van der Waals surface area contributed by atoms with Crippen molar-refractivity contribution in [3.63, 3.8) is 0 Å². The quantitative estimate of drug-likeness (QED) is 0.857. The average molecular weight is 257 g/mol. The lowest BCUT2D eigenvalue weighted by molar-refractivity contribution is 0.362. The summed E-state index contributed by atoms with van der Waals surface area (Å²) in [5.41, 5.74) is 7.59. The lowest BCUT2D eigenvalue weighted by Crippen LogP contribution is -2.06. The van der Waals surface area contributed by atoms with Crippen LogP contribution in [0.1, 0.15) is 55.3 Å². The van der Waals surface area contributed by atoms with E-state index >= 15 is 0 Å². The number of nitrogen functional groups attached to an aromatic ring is 1. The molecule has 0 atom stereocenters. The minimum Gasteiger partial charge on any atom is -0.399 e. The molecule has 19 heavy (non-hydrogen) atoms. The second-order valence-corrected chi connectivity index (χ2v) is 5.30. The monoisotopic (exact) mass is 257 g/mol. The Morgan fingerprint density at radius 1 is 1.11 bits per heavy atom. The third kappa shape index (κ3) is 2.95. The summed E-state index contributed by atoms with van der Waals surface area (Å²) in [7, 11) is 0. The van der Waals surface area contributed by atoms with Crippen LogP contribution < -0.4 is 5.73 Å². The number of benzene rings is 1. The van der Waals surface area contributed by atoms with Crippen LogP contribution in [0, 0.1) is 0 Å². The highest BCUT2D eigenvalue weighted by Crippen LogP contribution is 2.30. The summed E-state index contributed by atoms with van der Waals surface area (Å²) in [5, 5.41) is 4.14. The van der Waals surface area contributed by atoms with E-state index in [-0.39, 0.29) is 0 Å². The van der Waals surface area contributed by atoms with Crippen LogP contribution in [0.15, 0.2) is 28.8 Å². The van der Waals surface area contributed by atoms with E-state index in [1.165, 1.54) is 32.1 Å². The molecule has 1 aliphatic rings. The number of hydrogen-bond donors (Lipinski definition) is 1. The van der Waals surface area contributed by atoms with Gasteiger partial charge in [0.25, 0.3) is 0 Å². The Labute approximate surface area is 113 Å². The third-order valence-corrected chi connectivity index (χ3v) is 3.79. The molecule has 0 amide bonds. The standard InChI is InChI=1S/C15H19N3O/c16-13-8-6-11(7-9-13)10-14-17-15(18-19-14)12-4-2-1-3-5-12/h6-9,12H,1-5,10,16H2. The molecule has 4 heteroatoms. The van der Waals surface area contributed by atoms with E-state index in [2.05, 4.69) is 10.1 Å². The third-order valence-electron chi connectivity index (χ3n) is 3.79. The van der Waals surface area contributed by atoms with Crippen molar-refractivity contribution in [1.82, 2.24) is 10.1 Å². The van der Waals surface area contributed by atoms with Crippen molar-refractivity contribution < 1.29 is 4.52 Å². The minimum atomic E-state index is 0.498. The van der Waals surface area contributed by atoms with Crippen LogP contribution in [0.4, 0.5) is 5.69 Å². The van der Waals surface area contributed by atoms with E-state index in [9.17, 15) is 0 Å². The summed E-state index contributed by atoms with van der Waals surface area (Å²) in [4.78, 5) is 4.54. The van der Waals surface area contributed by atoms with Crippen LogP contribution in [0.2, 0.25) is 0 Å². The van der Waals surface area contributed by atoms with Crippen LogP contribution in [0.3, 0.4) is 0 Å². The zero-order chi connectivity index (χ0) is 13.1. The van der Waals surface area contributed by atoms with E-state index in [4.69, 9.17) is 10.3 Å². The molecule has 100 valence electrons. The van der Waals surface area contributed by atoms with Crippen molar-refractivity contribution in [1.29, 1.82) is 0 Å². The molecule has 0 aliphatic heterocycles. The first-order valence-electron chi connectivity index (χ1n) is 6.98. The molecule has 1 aromatic heterocycles. The van der Waals surface area contributed by atoms with Gasteiger partial charge in [-0.3, -0.25) is 0 Å². The number of aromatic nitrogens is 2. The average Bonchev–Trinajstić information content (AvgIpc) is 2.91. The topological polar surface area (TPSA) is 64.9 Å². The molecule has 0 saturated heterocycles. The number of nitrogens with two attached hydrogens (primary N) is 1. The van der Waals surface area contributed by atoms with Gasteiger partial charge in [-0.15, -0.1) is 0 Å². The van der Waals surface area contributed by atoms with Crippen LogP contribution in [-0.2, 0) is 6.42 Å². The van der Waals surface area contributed by atoms with Crippen molar-refractivity contribution >= 4 is 5.69 Å². The van der Waals surface area contributed by atoms with Gasteiger partial charge in [0.1, 0.15) is 0 Å². The summed E-state index contributed by atoms with van der Waals surface area (Å²) in [6, 6.07) is 7.79. The number of anilines is 1. The van der Waals surface area contributed by atoms with Crippen LogP contribution in [0.5, 0.6) is 0 Å². The smallest absolute Gasteiger partial charge is 0.231 e. The van der Waals surface area contributed by atoms with Gasteiger partial charge in [0.05, 0.1) is 6.42 Å². The summed E-state index contributed by atoms with van der Waals surface area (Å²) in [5.74, 6) is 2.09. The molecule has 1 saturated carbocycles. The largest absolute Gasteiger partial charge is 0.399 e. The molecule has 1 fully saturated rings. The fourth-order valence-electron chi connectivity index (χ4n) is 2.68. The van der Waals surface area contributed by atoms with Crippen LogP contribution in [-0.4, -0.2) is 10.1 Å². The Balaban J connectivity index is 1.68. The van der Waals surface area contributed by atoms with Crippen LogP contribution >= 0.6 is 0 Å². The first kappa shape index (κ1) is 12.2. The van der Waals surface area contributed by atoms with E-state index < -0.39 is 0 Å². The lowest BCUT2D eigenvalue weighted by Gasteiger charge is -2.17. The normalized spacial score (nSPS) is 16.6. The second-order valence-electron chi connectivity index (χ2n) is 5.30. The highest BCUT2D eigenvalue weighted by Gasteiger charge is 2.20. The van der Waals surface area contributed by atoms with Gasteiger partial charge in [0.2, 0.25) is 5.89 Å². The highest BCUT2D eigenvalue weighted by molar-refractivity contribution is 5.39. The first-order valence-corrected chi connectivity index (χ1v) is 6.98. The van der Waals surface area contributed by atoms with E-state index in [0.29, 0.717) is 18.2 Å². The van der Waals surface area contributed by atoms with Crippen molar-refractivity contribution in [2.24, 2.45) is 0 Å². The van der Waals surface area contributed by atoms with Crippen LogP contribution in [0.25, 0.3) is 0 Å². The Hall–Kier alpha value is -1.84. The van der Waals surface area contributed by atoms with Gasteiger partial charge in [0, 0.05) is 11.6 Å². The summed E-state index contributed by atoms with van der Waals surface area (Å²) in [6.45, 7) is 0. The van der Waals surface area contributed by atoms with Crippen molar-refractivity contribution in [3.05, 3.63) is 41.5 Å². The fraction of sp³-hybridized carbons (Fsp3) is 0.467. The molecular weight excluding hydrogens is 238 g/mol. The van der Waals surface area contributed by atoms with Gasteiger partial charge in [-0.05, 0) is 30.5 Å². The van der Waals surface area contributed by atoms with Crippen molar-refractivity contribution in [2.75, 3.05) is 5.73 Å². The maximum atomic E-state index is 5.67. The van der Waals surface area contributed by atoms with Gasteiger partial charge in [-0.25, -0.2) is 0 Å². The summed E-state index contributed by atoms with van der Waals surface area (Å²) >= 11 is 0. The van der Waals surface area contributed by atoms with Gasteiger partial charge in [-0.2, -0.15) is 4.98 Å². The van der Waals surface area contributed by atoms with Gasteiger partial charge in [0.15, 0.2) is 5.82 Å². The van der Waals surface area contributed by atoms with Crippen molar-refractivity contribution in [3.8, 4) is 0 Å². The molecule has 2 N–H and O–H groups in total. The zero-order valence-electron chi connectivity index (χ0n) is 11.0. The van der Waals surface area contributed by atoms with E-state index in [1.54, 1.807) is 0 Å². The van der Waals surface area contributed by atoms with Gasteiger partial charge < -0.3 is 10.3 Å². The Morgan fingerprint density at radius 3 is 2.58 bits per heavy atom. The Kier molecular flexibility index (Phi) is 3.49. The molecule has 0 spiro atoms. The summed E-state index contributed by atoms with van der Waals surface area (Å²) < 4.78 is 5.36. The highest BCUT2D eigenvalue weighted by atomic mass is 16.5. The fourth-order valence-corrected chi connectivity index (χ4v) is 2.68. The predicted octanol–water partition coefficient (Wildman–Crippen LogP) is 3.29. The summed E-state index contributed by atoms with van der Waals surface area (Å²) in [6.07, 6.45) is 6.98. The van der Waals surface area contributed by atoms with E-state index in [1.807, 2.05) is 24.3 Å². The molecule has 0 radical (unpaired) electrons. The number of hydrogen-bond acceptors (Lipinski definition) is 4. The molecule has 4 nitrogen and oxygen atoms in total. The molecule has 1 aromatic carbocycles. The predicted molar refractivity (Wildman–Crippen MR) is 73.8 cm³/mol. The molecule has 0 unspecified atom stereocenters. The van der Waals surface area contributed by atoms with E-state index in [0.717, 1.165) is 17.1 Å².